The van der Waals surface area contributed by atoms with Crippen molar-refractivity contribution in [2.75, 3.05) is 7.11 Å². The van der Waals surface area contributed by atoms with E-state index in [2.05, 4.69) is 4.72 Å². The minimum atomic E-state index is -3.48. The Bertz CT molecular complexity index is 727. The molecule has 0 saturated carbocycles. The van der Waals surface area contributed by atoms with Crippen LogP contribution in [0.2, 0.25) is 0 Å². The van der Waals surface area contributed by atoms with E-state index in [1.165, 1.54) is 11.3 Å². The minimum absolute atomic E-state index is 0.315. The number of rotatable bonds is 4. The van der Waals surface area contributed by atoms with Crippen molar-refractivity contribution in [1.82, 2.24) is 4.72 Å². The van der Waals surface area contributed by atoms with Crippen molar-refractivity contribution in [3.05, 3.63) is 36.4 Å². The highest BCUT2D eigenvalue weighted by Gasteiger charge is 2.23. The summed E-state index contributed by atoms with van der Waals surface area (Å²) in [6.07, 6.45) is 0. The van der Waals surface area contributed by atoms with Gasteiger partial charge in [0.15, 0.2) is 0 Å². The number of nitrogens with one attached hydrogen (secondary N) is 1. The summed E-state index contributed by atoms with van der Waals surface area (Å²) < 4.78 is 32.7. The summed E-state index contributed by atoms with van der Waals surface area (Å²) in [4.78, 5) is 0.892. The lowest BCUT2D eigenvalue weighted by Crippen LogP contribution is -2.40. The number of hydrogen-bond donors (Lipinski definition) is 1. The van der Waals surface area contributed by atoms with Crippen molar-refractivity contribution >= 4 is 21.4 Å². The average Bonchev–Trinajstić information content (AvgIpc) is 2.86. The van der Waals surface area contributed by atoms with Crippen LogP contribution in [-0.4, -0.2) is 21.1 Å². The molecule has 1 heterocycles. The fraction of sp³-hybridized carbons (Fsp3) is 0.333. The van der Waals surface area contributed by atoms with Crippen LogP contribution < -0.4 is 9.46 Å². The number of sulfonamides is 1. The summed E-state index contributed by atoms with van der Waals surface area (Å²) in [6, 6.07) is 11.0. The van der Waals surface area contributed by atoms with E-state index in [4.69, 9.17) is 4.74 Å². The van der Waals surface area contributed by atoms with Crippen LogP contribution >= 0.6 is 11.3 Å². The second-order valence-electron chi connectivity index (χ2n) is 5.71. The fourth-order valence-electron chi connectivity index (χ4n) is 1.85. The lowest BCUT2D eigenvalue weighted by atomic mass is 10.1. The number of ether oxygens (including phenoxy) is 1. The van der Waals surface area contributed by atoms with E-state index in [0.717, 1.165) is 16.2 Å². The third kappa shape index (κ3) is 4.06. The van der Waals surface area contributed by atoms with Gasteiger partial charge in [0, 0.05) is 10.4 Å². The fourth-order valence-corrected chi connectivity index (χ4v) is 4.57. The first kappa shape index (κ1) is 16.0. The third-order valence-electron chi connectivity index (χ3n) is 2.64. The highest BCUT2D eigenvalue weighted by molar-refractivity contribution is 7.91. The van der Waals surface area contributed by atoms with Gasteiger partial charge < -0.3 is 4.74 Å². The molecule has 0 spiro atoms. The summed E-state index contributed by atoms with van der Waals surface area (Å²) >= 11 is 1.25. The van der Waals surface area contributed by atoms with Gasteiger partial charge in [0.1, 0.15) is 9.96 Å². The molecule has 0 aliphatic heterocycles. The molecule has 0 fully saturated rings. The van der Waals surface area contributed by atoms with E-state index < -0.39 is 15.6 Å². The Labute approximate surface area is 129 Å². The molecule has 1 N–H and O–H groups in total. The molecule has 2 aromatic rings. The maximum atomic E-state index is 12.3. The summed E-state index contributed by atoms with van der Waals surface area (Å²) in [5.74, 6) is 0.748. The van der Waals surface area contributed by atoms with Crippen molar-refractivity contribution in [1.29, 1.82) is 0 Å². The predicted molar refractivity (Wildman–Crippen MR) is 86.4 cm³/mol. The normalized spacial score (nSPS) is 12.4. The Balaban J connectivity index is 2.33. The SMILES string of the molecule is COc1cccc(-c2ccc(S(=O)(=O)NC(C)(C)C)s2)c1. The third-order valence-corrected chi connectivity index (χ3v) is 6.03. The van der Waals surface area contributed by atoms with Crippen LogP contribution in [0.5, 0.6) is 5.75 Å². The summed E-state index contributed by atoms with van der Waals surface area (Å²) in [5, 5.41) is 0. The van der Waals surface area contributed by atoms with Gasteiger partial charge in [-0.3, -0.25) is 0 Å². The number of thiophene rings is 1. The molecule has 6 heteroatoms. The predicted octanol–water partition coefficient (Wildman–Crippen LogP) is 3.50. The van der Waals surface area contributed by atoms with Gasteiger partial charge in [-0.25, -0.2) is 13.1 Å². The molecule has 0 saturated heterocycles. The Hall–Kier alpha value is -1.37. The van der Waals surface area contributed by atoms with E-state index in [0.29, 0.717) is 4.21 Å². The zero-order valence-electron chi connectivity index (χ0n) is 12.5. The van der Waals surface area contributed by atoms with Gasteiger partial charge in [0.25, 0.3) is 10.0 Å². The van der Waals surface area contributed by atoms with Gasteiger partial charge in [-0.1, -0.05) is 12.1 Å². The van der Waals surface area contributed by atoms with Crippen molar-refractivity contribution < 1.29 is 13.2 Å². The molecule has 114 valence electrons. The molecule has 2 rings (SSSR count). The number of hydrogen-bond acceptors (Lipinski definition) is 4. The molecule has 21 heavy (non-hydrogen) atoms. The van der Waals surface area contributed by atoms with E-state index in [-0.39, 0.29) is 0 Å². The molecule has 0 bridgehead atoms. The molecular weight excluding hydrogens is 306 g/mol. The molecule has 0 unspecified atom stereocenters. The van der Waals surface area contributed by atoms with Gasteiger partial charge in [0.05, 0.1) is 7.11 Å². The van der Waals surface area contributed by atoms with Crippen LogP contribution in [0.3, 0.4) is 0 Å². The van der Waals surface area contributed by atoms with Crippen LogP contribution in [0.25, 0.3) is 10.4 Å². The number of methoxy groups -OCH3 is 1. The molecule has 4 nitrogen and oxygen atoms in total. The van der Waals surface area contributed by atoms with Crippen molar-refractivity contribution in [2.45, 2.75) is 30.5 Å². The zero-order chi connectivity index (χ0) is 15.7. The molecule has 0 aliphatic carbocycles. The zero-order valence-corrected chi connectivity index (χ0v) is 14.1. The Morgan fingerprint density at radius 2 is 1.86 bits per heavy atom. The van der Waals surface area contributed by atoms with Crippen LogP contribution in [0.1, 0.15) is 20.8 Å². The molecule has 0 amide bonds. The smallest absolute Gasteiger partial charge is 0.250 e. The van der Waals surface area contributed by atoms with E-state index in [1.54, 1.807) is 13.2 Å². The van der Waals surface area contributed by atoms with Crippen molar-refractivity contribution in [3.63, 3.8) is 0 Å². The average molecular weight is 325 g/mol. The van der Waals surface area contributed by atoms with Crippen molar-refractivity contribution in [3.8, 4) is 16.2 Å². The standard InChI is InChI=1S/C15H19NO3S2/c1-15(2,3)16-21(17,18)14-9-8-13(20-14)11-6-5-7-12(10-11)19-4/h5-10,16H,1-4H3. The molecule has 1 aromatic carbocycles. The quantitative estimate of drug-likeness (QED) is 0.936. The van der Waals surface area contributed by atoms with E-state index in [1.807, 2.05) is 51.1 Å². The van der Waals surface area contributed by atoms with Gasteiger partial charge >= 0.3 is 0 Å². The summed E-state index contributed by atoms with van der Waals surface area (Å²) in [5.41, 5.74) is 0.440. The maximum Gasteiger partial charge on any atom is 0.250 e. The molecule has 0 radical (unpaired) electrons. The Morgan fingerprint density at radius 3 is 2.48 bits per heavy atom. The lowest BCUT2D eigenvalue weighted by molar-refractivity contribution is 0.415. The second-order valence-corrected chi connectivity index (χ2v) is 8.70. The van der Waals surface area contributed by atoms with Crippen LogP contribution in [0.4, 0.5) is 0 Å². The van der Waals surface area contributed by atoms with Crippen LogP contribution in [-0.2, 0) is 10.0 Å². The highest BCUT2D eigenvalue weighted by Crippen LogP contribution is 2.32. The largest absolute Gasteiger partial charge is 0.497 e. The van der Waals surface area contributed by atoms with E-state index in [9.17, 15) is 8.42 Å². The minimum Gasteiger partial charge on any atom is -0.497 e. The van der Waals surface area contributed by atoms with Gasteiger partial charge in [0.2, 0.25) is 0 Å². The van der Waals surface area contributed by atoms with Gasteiger partial charge in [-0.05, 0) is 50.6 Å². The Kier molecular flexibility index (Phi) is 4.41. The second kappa shape index (κ2) is 5.79. The number of benzene rings is 1. The van der Waals surface area contributed by atoms with E-state index >= 15 is 0 Å². The van der Waals surface area contributed by atoms with Gasteiger partial charge in [-0.2, -0.15) is 0 Å². The first-order chi connectivity index (χ1) is 9.71. The van der Waals surface area contributed by atoms with Crippen LogP contribution in [0, 0.1) is 0 Å². The summed E-state index contributed by atoms with van der Waals surface area (Å²) in [6.45, 7) is 5.46. The van der Waals surface area contributed by atoms with Crippen LogP contribution in [0.15, 0.2) is 40.6 Å². The molecular formula is C15H19NO3S2. The molecule has 1 aromatic heterocycles. The first-order valence-electron chi connectivity index (χ1n) is 6.49. The monoisotopic (exact) mass is 325 g/mol. The topological polar surface area (TPSA) is 55.4 Å². The first-order valence-corrected chi connectivity index (χ1v) is 8.79. The lowest BCUT2D eigenvalue weighted by Gasteiger charge is -2.19. The van der Waals surface area contributed by atoms with Crippen molar-refractivity contribution in [2.24, 2.45) is 0 Å². The highest BCUT2D eigenvalue weighted by atomic mass is 32.2. The van der Waals surface area contributed by atoms with Gasteiger partial charge in [-0.15, -0.1) is 11.3 Å². The Morgan fingerprint density at radius 1 is 1.14 bits per heavy atom. The summed E-state index contributed by atoms with van der Waals surface area (Å²) in [7, 11) is -1.88. The molecule has 0 atom stereocenters. The maximum absolute atomic E-state index is 12.3. The molecule has 0 aliphatic rings.